The lowest BCUT2D eigenvalue weighted by Gasteiger charge is -2.21. The molecule has 16 heavy (non-hydrogen) atoms. The molecule has 1 fully saturated rings. The van der Waals surface area contributed by atoms with Crippen molar-refractivity contribution in [3.63, 3.8) is 0 Å². The number of rotatable bonds is 2. The molecule has 0 radical (unpaired) electrons. The van der Waals surface area contributed by atoms with Crippen molar-refractivity contribution in [2.24, 2.45) is 24.6 Å². The van der Waals surface area contributed by atoms with E-state index in [9.17, 15) is 4.39 Å². The van der Waals surface area contributed by atoms with Gasteiger partial charge in [0.2, 0.25) is 0 Å². The Morgan fingerprint density at radius 2 is 2.44 bits per heavy atom. The first kappa shape index (κ1) is 10.0. The molecular formula is C12H16FN3. The molecule has 4 atom stereocenters. The van der Waals surface area contributed by atoms with Crippen molar-refractivity contribution in [3.8, 4) is 0 Å². The van der Waals surface area contributed by atoms with E-state index in [1.807, 2.05) is 13.2 Å². The number of nitrogens with zero attached hydrogens (tertiary/aromatic N) is 2. The van der Waals surface area contributed by atoms with Crippen LogP contribution in [0.25, 0.3) is 6.08 Å². The number of aromatic nitrogens is 2. The number of alkyl halides is 1. The molecule has 0 spiro atoms. The average molecular weight is 221 g/mol. The number of aryl methyl sites for hydroxylation is 1. The summed E-state index contributed by atoms with van der Waals surface area (Å²) in [5, 5.41) is 4.33. The summed E-state index contributed by atoms with van der Waals surface area (Å²) in [7, 11) is 1.88. The van der Waals surface area contributed by atoms with E-state index in [4.69, 9.17) is 5.73 Å². The van der Waals surface area contributed by atoms with Crippen LogP contribution in [0.4, 0.5) is 4.39 Å². The number of fused-ring (bicyclic) bond motifs is 1. The fourth-order valence-corrected chi connectivity index (χ4v) is 2.83. The van der Waals surface area contributed by atoms with Crippen LogP contribution in [-0.4, -0.2) is 22.5 Å². The minimum Gasteiger partial charge on any atom is -0.330 e. The summed E-state index contributed by atoms with van der Waals surface area (Å²) in [4.78, 5) is 0. The molecular weight excluding hydrogens is 205 g/mol. The van der Waals surface area contributed by atoms with Gasteiger partial charge in [0.05, 0.1) is 5.69 Å². The molecule has 0 saturated heterocycles. The van der Waals surface area contributed by atoms with Crippen LogP contribution in [0.3, 0.4) is 0 Å². The van der Waals surface area contributed by atoms with Gasteiger partial charge in [-0.05, 0) is 37.0 Å². The monoisotopic (exact) mass is 221 g/mol. The second kappa shape index (κ2) is 3.42. The lowest BCUT2D eigenvalue weighted by molar-refractivity contribution is 0.309. The zero-order chi connectivity index (χ0) is 11.3. The minimum atomic E-state index is -0.877. The highest BCUT2D eigenvalue weighted by Gasteiger charge is 2.47. The second-order valence-corrected chi connectivity index (χ2v) is 4.87. The average Bonchev–Trinajstić information content (AvgIpc) is 2.92. The standard InChI is InChI=1S/C12H16FN3/c1-16-6-9-11(15-16)3-2-10(13)12(9)8-4-7(8)5-14/h2-3,6-8,10,12H,4-5,14H2,1H3/t7-,8+,10?,12?/m0/s1. The number of hydrogen-bond donors (Lipinski definition) is 1. The Morgan fingerprint density at radius 1 is 1.62 bits per heavy atom. The SMILES string of the molecule is Cn1cc2c(n1)C=CC(F)C2[C@@H]1C[C@H]1CN. The van der Waals surface area contributed by atoms with Crippen LogP contribution in [-0.2, 0) is 7.05 Å². The molecule has 3 nitrogen and oxygen atoms in total. The first-order valence-electron chi connectivity index (χ1n) is 5.76. The Morgan fingerprint density at radius 3 is 3.12 bits per heavy atom. The second-order valence-electron chi connectivity index (χ2n) is 4.87. The van der Waals surface area contributed by atoms with Gasteiger partial charge in [0.15, 0.2) is 0 Å². The first-order valence-corrected chi connectivity index (χ1v) is 5.76. The Labute approximate surface area is 94.1 Å². The Bertz CT molecular complexity index is 437. The molecule has 86 valence electrons. The van der Waals surface area contributed by atoms with Crippen molar-refractivity contribution in [1.82, 2.24) is 9.78 Å². The number of nitrogens with two attached hydrogens (primary N) is 1. The molecule has 1 aromatic heterocycles. The Balaban J connectivity index is 1.95. The molecule has 0 amide bonds. The molecule has 0 aliphatic heterocycles. The fraction of sp³-hybridized carbons (Fsp3) is 0.583. The highest BCUT2D eigenvalue weighted by atomic mass is 19.1. The summed E-state index contributed by atoms with van der Waals surface area (Å²) >= 11 is 0. The third-order valence-electron chi connectivity index (χ3n) is 3.77. The summed E-state index contributed by atoms with van der Waals surface area (Å²) in [5.41, 5.74) is 7.61. The van der Waals surface area contributed by atoms with Gasteiger partial charge in [0.1, 0.15) is 6.17 Å². The number of allylic oxidation sites excluding steroid dienone is 1. The van der Waals surface area contributed by atoms with Crippen molar-refractivity contribution in [2.75, 3.05) is 6.54 Å². The zero-order valence-corrected chi connectivity index (χ0v) is 9.31. The summed E-state index contributed by atoms with van der Waals surface area (Å²) in [6.07, 6.45) is 5.55. The van der Waals surface area contributed by atoms with Crippen LogP contribution in [0.5, 0.6) is 0 Å². The number of halogens is 1. The molecule has 0 bridgehead atoms. The molecule has 0 aromatic carbocycles. The van der Waals surface area contributed by atoms with E-state index in [0.717, 1.165) is 17.7 Å². The molecule has 2 aliphatic carbocycles. The van der Waals surface area contributed by atoms with Gasteiger partial charge < -0.3 is 5.73 Å². The summed E-state index contributed by atoms with van der Waals surface area (Å²) in [6, 6.07) is 0. The molecule has 2 unspecified atom stereocenters. The third-order valence-corrected chi connectivity index (χ3v) is 3.77. The third kappa shape index (κ3) is 1.40. The van der Waals surface area contributed by atoms with Gasteiger partial charge in [0, 0.05) is 24.7 Å². The van der Waals surface area contributed by atoms with Crippen molar-refractivity contribution in [2.45, 2.75) is 18.5 Å². The molecule has 2 aliphatic rings. The van der Waals surface area contributed by atoms with Crippen LogP contribution in [0, 0.1) is 11.8 Å². The van der Waals surface area contributed by atoms with E-state index in [1.54, 1.807) is 16.8 Å². The summed E-state index contributed by atoms with van der Waals surface area (Å²) < 4.78 is 15.7. The minimum absolute atomic E-state index is 0.0257. The molecule has 1 saturated carbocycles. The molecule has 1 heterocycles. The smallest absolute Gasteiger partial charge is 0.126 e. The van der Waals surface area contributed by atoms with E-state index in [2.05, 4.69) is 5.10 Å². The van der Waals surface area contributed by atoms with Gasteiger partial charge in [-0.25, -0.2) is 4.39 Å². The Hall–Kier alpha value is -1.16. The largest absolute Gasteiger partial charge is 0.330 e. The topological polar surface area (TPSA) is 43.8 Å². The predicted molar refractivity (Wildman–Crippen MR) is 60.5 cm³/mol. The molecule has 4 heteroatoms. The summed E-state index contributed by atoms with van der Waals surface area (Å²) in [6.45, 7) is 0.674. The van der Waals surface area contributed by atoms with E-state index >= 15 is 0 Å². The maximum atomic E-state index is 14.0. The normalized spacial score (nSPS) is 36.2. The van der Waals surface area contributed by atoms with E-state index in [-0.39, 0.29) is 5.92 Å². The van der Waals surface area contributed by atoms with Gasteiger partial charge in [-0.3, -0.25) is 4.68 Å². The molecule has 2 N–H and O–H groups in total. The van der Waals surface area contributed by atoms with Gasteiger partial charge >= 0.3 is 0 Å². The van der Waals surface area contributed by atoms with E-state index < -0.39 is 6.17 Å². The van der Waals surface area contributed by atoms with Crippen LogP contribution in [0.2, 0.25) is 0 Å². The van der Waals surface area contributed by atoms with Crippen LogP contribution < -0.4 is 5.73 Å². The van der Waals surface area contributed by atoms with Gasteiger partial charge in [-0.2, -0.15) is 5.10 Å². The van der Waals surface area contributed by atoms with Crippen molar-refractivity contribution in [1.29, 1.82) is 0 Å². The van der Waals surface area contributed by atoms with E-state index in [0.29, 0.717) is 18.4 Å². The van der Waals surface area contributed by atoms with Crippen molar-refractivity contribution < 1.29 is 4.39 Å². The highest BCUT2D eigenvalue weighted by Crippen LogP contribution is 2.52. The van der Waals surface area contributed by atoms with Gasteiger partial charge in [-0.15, -0.1) is 0 Å². The van der Waals surface area contributed by atoms with Gasteiger partial charge in [0.25, 0.3) is 0 Å². The maximum Gasteiger partial charge on any atom is 0.126 e. The quantitative estimate of drug-likeness (QED) is 0.821. The first-order chi connectivity index (χ1) is 7.70. The molecule has 1 aromatic rings. The fourth-order valence-electron chi connectivity index (χ4n) is 2.83. The van der Waals surface area contributed by atoms with Crippen LogP contribution >= 0.6 is 0 Å². The van der Waals surface area contributed by atoms with Gasteiger partial charge in [-0.1, -0.05) is 0 Å². The van der Waals surface area contributed by atoms with E-state index in [1.165, 1.54) is 0 Å². The predicted octanol–water partition coefficient (Wildman–Crippen LogP) is 1.46. The number of hydrogen-bond acceptors (Lipinski definition) is 2. The molecule has 3 rings (SSSR count). The Kier molecular flexibility index (Phi) is 2.14. The summed E-state index contributed by atoms with van der Waals surface area (Å²) in [5.74, 6) is 0.887. The highest BCUT2D eigenvalue weighted by molar-refractivity contribution is 5.55. The van der Waals surface area contributed by atoms with Crippen LogP contribution in [0.1, 0.15) is 23.6 Å². The van der Waals surface area contributed by atoms with Crippen molar-refractivity contribution >= 4 is 6.08 Å². The lowest BCUT2D eigenvalue weighted by Crippen LogP contribution is -2.19. The van der Waals surface area contributed by atoms with Crippen LogP contribution in [0.15, 0.2) is 12.3 Å². The lowest BCUT2D eigenvalue weighted by atomic mass is 9.85. The zero-order valence-electron chi connectivity index (χ0n) is 9.31. The maximum absolute atomic E-state index is 14.0. The van der Waals surface area contributed by atoms with Crippen molar-refractivity contribution in [3.05, 3.63) is 23.5 Å².